The Morgan fingerprint density at radius 3 is 2.49 bits per heavy atom. The number of amides is 1. The lowest BCUT2D eigenvalue weighted by Gasteiger charge is -2.28. The van der Waals surface area contributed by atoms with Gasteiger partial charge < -0.3 is 9.64 Å². The summed E-state index contributed by atoms with van der Waals surface area (Å²) in [6.45, 7) is 7.34. The van der Waals surface area contributed by atoms with Crippen molar-refractivity contribution in [2.75, 3.05) is 31.1 Å². The van der Waals surface area contributed by atoms with E-state index in [0.29, 0.717) is 23.2 Å². The summed E-state index contributed by atoms with van der Waals surface area (Å²) in [7, 11) is 0. The van der Waals surface area contributed by atoms with Gasteiger partial charge in [-0.2, -0.15) is 0 Å². The predicted molar refractivity (Wildman–Crippen MR) is 148 cm³/mol. The number of nitrogens with zero attached hydrogens (tertiary/aromatic N) is 3. The van der Waals surface area contributed by atoms with Gasteiger partial charge in [0.05, 0.1) is 17.2 Å². The van der Waals surface area contributed by atoms with Crippen LogP contribution in [0.1, 0.15) is 38.7 Å². The minimum atomic E-state index is -0.0171. The van der Waals surface area contributed by atoms with Gasteiger partial charge >= 0.3 is 0 Å². The number of rotatable bonds is 6. The van der Waals surface area contributed by atoms with Gasteiger partial charge in [-0.15, -0.1) is 0 Å². The second-order valence-corrected chi connectivity index (χ2v) is 9.76. The Labute approximate surface area is 211 Å². The number of amidine groups is 1. The molecule has 3 aromatic carbocycles. The standard InChI is InChI=1S/C29H31N3O2S/c1-3-32-28(33)27(20-25-24-11-7-6-10-21(24)12-17-26(25)34-4-2)35-29(32)30-22-13-15-23(16-14-22)31-18-8-5-9-19-31/h6-7,10-17,20H,3-5,8-9,18-19H2,1-2H3/b27-20-,30-29?. The number of anilines is 1. The Kier molecular flexibility index (Phi) is 7.09. The number of ether oxygens (including phenoxy) is 1. The number of benzene rings is 3. The molecule has 0 spiro atoms. The first-order chi connectivity index (χ1) is 17.2. The molecule has 0 bridgehead atoms. The predicted octanol–water partition coefficient (Wildman–Crippen LogP) is 6.85. The highest BCUT2D eigenvalue weighted by Gasteiger charge is 2.32. The maximum atomic E-state index is 13.3. The molecule has 0 atom stereocenters. The van der Waals surface area contributed by atoms with Crippen molar-refractivity contribution in [1.29, 1.82) is 0 Å². The lowest BCUT2D eigenvalue weighted by molar-refractivity contribution is -0.122. The summed E-state index contributed by atoms with van der Waals surface area (Å²) < 4.78 is 5.91. The molecule has 3 aromatic rings. The molecule has 6 heteroatoms. The van der Waals surface area contributed by atoms with E-state index in [9.17, 15) is 4.79 Å². The lowest BCUT2D eigenvalue weighted by Crippen LogP contribution is -2.29. The van der Waals surface area contributed by atoms with Crippen LogP contribution in [0.25, 0.3) is 16.8 Å². The molecule has 2 aliphatic heterocycles. The van der Waals surface area contributed by atoms with Gasteiger partial charge in [-0.3, -0.25) is 9.69 Å². The zero-order valence-electron chi connectivity index (χ0n) is 20.4. The maximum absolute atomic E-state index is 13.3. The first-order valence-electron chi connectivity index (χ1n) is 12.5. The van der Waals surface area contributed by atoms with E-state index in [1.54, 1.807) is 4.90 Å². The molecule has 0 saturated carbocycles. The normalized spacial score (nSPS) is 18.7. The van der Waals surface area contributed by atoms with Gasteiger partial charge in [0, 0.05) is 30.9 Å². The molecule has 0 radical (unpaired) electrons. The Balaban J connectivity index is 1.46. The minimum Gasteiger partial charge on any atom is -0.493 e. The van der Waals surface area contributed by atoms with E-state index < -0.39 is 0 Å². The first-order valence-corrected chi connectivity index (χ1v) is 13.3. The topological polar surface area (TPSA) is 45.1 Å². The number of carbonyl (C=O) groups excluding carboxylic acids is 1. The quantitative estimate of drug-likeness (QED) is 0.358. The number of aliphatic imine (C=N–C) groups is 1. The maximum Gasteiger partial charge on any atom is 0.266 e. The number of hydrogen-bond acceptors (Lipinski definition) is 5. The third-order valence-corrected chi connectivity index (χ3v) is 7.51. The molecule has 35 heavy (non-hydrogen) atoms. The second-order valence-electron chi connectivity index (χ2n) is 8.75. The van der Waals surface area contributed by atoms with Gasteiger partial charge in [0.25, 0.3) is 5.91 Å². The zero-order valence-corrected chi connectivity index (χ0v) is 21.2. The highest BCUT2D eigenvalue weighted by atomic mass is 32.2. The average molecular weight is 486 g/mol. The molecule has 0 unspecified atom stereocenters. The number of fused-ring (bicyclic) bond motifs is 1. The van der Waals surface area contributed by atoms with Crippen molar-refractivity contribution in [2.24, 2.45) is 4.99 Å². The minimum absolute atomic E-state index is 0.0171. The summed E-state index contributed by atoms with van der Waals surface area (Å²) in [6, 6.07) is 20.6. The lowest BCUT2D eigenvalue weighted by atomic mass is 10.0. The molecular weight excluding hydrogens is 454 g/mol. The van der Waals surface area contributed by atoms with E-state index in [-0.39, 0.29) is 5.91 Å². The zero-order chi connectivity index (χ0) is 24.2. The highest BCUT2D eigenvalue weighted by Crippen LogP contribution is 2.38. The van der Waals surface area contributed by atoms with Crippen LogP contribution >= 0.6 is 11.8 Å². The summed E-state index contributed by atoms with van der Waals surface area (Å²) >= 11 is 1.43. The van der Waals surface area contributed by atoms with Gasteiger partial charge in [0.15, 0.2) is 5.17 Å². The first kappa shape index (κ1) is 23.5. The van der Waals surface area contributed by atoms with Crippen molar-refractivity contribution in [2.45, 2.75) is 33.1 Å². The SMILES string of the molecule is CCOc1ccc2ccccc2c1/C=C1\SC(=Nc2ccc(N3CCCCC3)cc2)N(CC)C1=O. The van der Waals surface area contributed by atoms with Crippen molar-refractivity contribution >= 4 is 51.1 Å². The molecule has 0 N–H and O–H groups in total. The van der Waals surface area contributed by atoms with Crippen molar-refractivity contribution in [3.05, 3.63) is 71.1 Å². The van der Waals surface area contributed by atoms with E-state index in [2.05, 4.69) is 47.4 Å². The van der Waals surface area contributed by atoms with E-state index in [4.69, 9.17) is 9.73 Å². The van der Waals surface area contributed by atoms with Gasteiger partial charge in [0.1, 0.15) is 5.75 Å². The second kappa shape index (κ2) is 10.6. The fourth-order valence-corrected chi connectivity index (χ4v) is 5.75. The molecule has 1 amide bonds. The molecule has 5 nitrogen and oxygen atoms in total. The molecule has 180 valence electrons. The molecule has 0 aromatic heterocycles. The largest absolute Gasteiger partial charge is 0.493 e. The fourth-order valence-electron chi connectivity index (χ4n) is 4.71. The van der Waals surface area contributed by atoms with E-state index >= 15 is 0 Å². The van der Waals surface area contributed by atoms with E-state index in [1.165, 1.54) is 36.7 Å². The summed E-state index contributed by atoms with van der Waals surface area (Å²) in [5.74, 6) is 0.769. The van der Waals surface area contributed by atoms with Gasteiger partial charge in [-0.1, -0.05) is 30.3 Å². The van der Waals surface area contributed by atoms with Gasteiger partial charge in [-0.25, -0.2) is 4.99 Å². The average Bonchev–Trinajstić information content (AvgIpc) is 3.19. The van der Waals surface area contributed by atoms with Crippen LogP contribution < -0.4 is 9.64 Å². The third kappa shape index (κ3) is 4.94. The van der Waals surface area contributed by atoms with Crippen LogP contribution in [0.2, 0.25) is 0 Å². The summed E-state index contributed by atoms with van der Waals surface area (Å²) in [6.07, 6.45) is 5.79. The number of carbonyl (C=O) groups is 1. The molecular formula is C29H31N3O2S. The fraction of sp³-hybridized carbons (Fsp3) is 0.310. The molecule has 2 aliphatic rings. The number of piperidine rings is 1. The summed E-state index contributed by atoms with van der Waals surface area (Å²) in [5, 5.41) is 2.90. The molecule has 5 rings (SSSR count). The van der Waals surface area contributed by atoms with Crippen molar-refractivity contribution in [3.8, 4) is 5.75 Å². The van der Waals surface area contributed by atoms with Crippen LogP contribution in [0.15, 0.2) is 70.6 Å². The summed E-state index contributed by atoms with van der Waals surface area (Å²) in [5.41, 5.74) is 3.04. The molecule has 2 fully saturated rings. The third-order valence-electron chi connectivity index (χ3n) is 6.51. The monoisotopic (exact) mass is 485 g/mol. The number of likely N-dealkylation sites (N-methyl/N-ethyl adjacent to an activating group) is 1. The van der Waals surface area contributed by atoms with Crippen molar-refractivity contribution in [1.82, 2.24) is 4.90 Å². The van der Waals surface area contributed by atoms with Gasteiger partial charge in [0.2, 0.25) is 0 Å². The van der Waals surface area contributed by atoms with E-state index in [0.717, 1.165) is 40.9 Å². The smallest absolute Gasteiger partial charge is 0.266 e. The highest BCUT2D eigenvalue weighted by molar-refractivity contribution is 8.18. The molecule has 2 heterocycles. The van der Waals surface area contributed by atoms with Crippen LogP contribution in [-0.2, 0) is 4.79 Å². The Morgan fingerprint density at radius 1 is 0.971 bits per heavy atom. The molecule has 2 saturated heterocycles. The number of thioether (sulfide) groups is 1. The number of hydrogen-bond donors (Lipinski definition) is 0. The van der Waals surface area contributed by atoms with Crippen LogP contribution in [0.5, 0.6) is 5.75 Å². The Hall–Kier alpha value is -3.25. The summed E-state index contributed by atoms with van der Waals surface area (Å²) in [4.78, 5) is 23.0. The van der Waals surface area contributed by atoms with E-state index in [1.807, 2.05) is 38.1 Å². The van der Waals surface area contributed by atoms with Gasteiger partial charge in [-0.05, 0) is 92.1 Å². The van der Waals surface area contributed by atoms with Crippen LogP contribution in [0.3, 0.4) is 0 Å². The Bertz CT molecular complexity index is 1280. The Morgan fingerprint density at radius 2 is 1.74 bits per heavy atom. The van der Waals surface area contributed by atoms with Crippen molar-refractivity contribution < 1.29 is 9.53 Å². The van der Waals surface area contributed by atoms with Crippen LogP contribution in [0.4, 0.5) is 11.4 Å². The molecule has 0 aliphatic carbocycles. The van der Waals surface area contributed by atoms with Crippen LogP contribution in [-0.4, -0.2) is 42.2 Å². The van der Waals surface area contributed by atoms with Crippen LogP contribution in [0, 0.1) is 0 Å². The van der Waals surface area contributed by atoms with Crippen molar-refractivity contribution in [3.63, 3.8) is 0 Å².